The number of nitrogens with zero attached hydrogens (tertiary/aromatic N) is 1. The number of carbonyl (C=O) groups is 3. The zero-order valence-corrected chi connectivity index (χ0v) is 23.8. The van der Waals surface area contributed by atoms with Crippen molar-refractivity contribution in [3.63, 3.8) is 0 Å². The SMILES string of the molecule is CCN(C(=O)C(Cc1ccc(NC(=O)c2ccccc2)cc1)C(=O)NS(=O)(=O)C=Cc1ccccc1)c1ccccc1. The molecule has 2 N–H and O–H groups in total. The van der Waals surface area contributed by atoms with Crippen LogP contribution in [0, 0.1) is 5.92 Å². The van der Waals surface area contributed by atoms with Crippen molar-refractivity contribution in [2.24, 2.45) is 5.92 Å². The molecule has 0 aromatic heterocycles. The molecule has 0 spiro atoms. The van der Waals surface area contributed by atoms with Gasteiger partial charge in [0.2, 0.25) is 11.8 Å². The van der Waals surface area contributed by atoms with E-state index in [2.05, 4.69) is 10.0 Å². The smallest absolute Gasteiger partial charge is 0.257 e. The second-order valence-corrected chi connectivity index (χ2v) is 11.0. The lowest BCUT2D eigenvalue weighted by atomic mass is 9.96. The summed E-state index contributed by atoms with van der Waals surface area (Å²) in [7, 11) is -4.19. The predicted octanol–water partition coefficient (Wildman–Crippen LogP) is 5.27. The third-order valence-electron chi connectivity index (χ3n) is 6.43. The Morgan fingerprint density at radius 1 is 0.786 bits per heavy atom. The highest BCUT2D eigenvalue weighted by Crippen LogP contribution is 2.21. The molecule has 0 saturated carbocycles. The van der Waals surface area contributed by atoms with Crippen LogP contribution in [-0.2, 0) is 26.0 Å². The summed E-state index contributed by atoms with van der Waals surface area (Å²) in [6, 6.07) is 33.2. The van der Waals surface area contributed by atoms with Gasteiger partial charge in [0.1, 0.15) is 5.92 Å². The van der Waals surface area contributed by atoms with E-state index in [1.165, 1.54) is 11.0 Å². The number of rotatable bonds is 11. The molecule has 9 heteroatoms. The lowest BCUT2D eigenvalue weighted by Gasteiger charge is -2.26. The maximum atomic E-state index is 13.8. The molecule has 0 bridgehead atoms. The number of amides is 3. The molecule has 0 heterocycles. The van der Waals surface area contributed by atoms with Crippen LogP contribution in [-0.4, -0.2) is 32.7 Å². The van der Waals surface area contributed by atoms with Gasteiger partial charge in [-0.1, -0.05) is 78.9 Å². The Morgan fingerprint density at radius 3 is 1.95 bits per heavy atom. The van der Waals surface area contributed by atoms with Crippen molar-refractivity contribution in [3.05, 3.63) is 137 Å². The van der Waals surface area contributed by atoms with Crippen LogP contribution in [0.15, 0.2) is 121 Å². The van der Waals surface area contributed by atoms with Crippen LogP contribution in [0.3, 0.4) is 0 Å². The molecule has 0 saturated heterocycles. The molecule has 1 unspecified atom stereocenters. The third kappa shape index (κ3) is 8.25. The maximum Gasteiger partial charge on any atom is 0.257 e. The fraction of sp³-hybridized carbons (Fsp3) is 0.121. The molecule has 4 rings (SSSR count). The lowest BCUT2D eigenvalue weighted by Crippen LogP contribution is -2.46. The van der Waals surface area contributed by atoms with Gasteiger partial charge in [0.15, 0.2) is 0 Å². The van der Waals surface area contributed by atoms with Gasteiger partial charge in [0.25, 0.3) is 15.9 Å². The molecule has 214 valence electrons. The summed E-state index contributed by atoms with van der Waals surface area (Å²) in [5.74, 6) is -3.08. The maximum absolute atomic E-state index is 13.8. The highest BCUT2D eigenvalue weighted by Gasteiger charge is 2.33. The first-order valence-electron chi connectivity index (χ1n) is 13.4. The number of nitrogens with one attached hydrogen (secondary N) is 2. The van der Waals surface area contributed by atoms with Gasteiger partial charge in [-0.25, -0.2) is 13.1 Å². The molecule has 42 heavy (non-hydrogen) atoms. The first-order valence-corrected chi connectivity index (χ1v) is 14.9. The second kappa shape index (κ2) is 14.0. The Balaban J connectivity index is 1.55. The summed E-state index contributed by atoms with van der Waals surface area (Å²) in [5, 5.41) is 3.71. The van der Waals surface area contributed by atoms with E-state index in [0.29, 0.717) is 28.1 Å². The summed E-state index contributed by atoms with van der Waals surface area (Å²) in [6.07, 6.45) is 1.32. The van der Waals surface area contributed by atoms with E-state index in [-0.39, 0.29) is 18.9 Å². The van der Waals surface area contributed by atoms with Crippen molar-refractivity contribution in [2.45, 2.75) is 13.3 Å². The molecule has 4 aromatic rings. The average Bonchev–Trinajstić information content (AvgIpc) is 3.01. The number of sulfonamides is 1. The van der Waals surface area contributed by atoms with Crippen molar-refractivity contribution < 1.29 is 22.8 Å². The highest BCUT2D eigenvalue weighted by atomic mass is 32.2. The number of para-hydroxylation sites is 1. The van der Waals surface area contributed by atoms with E-state index in [0.717, 1.165) is 5.41 Å². The largest absolute Gasteiger partial charge is 0.322 e. The van der Waals surface area contributed by atoms with Crippen LogP contribution in [0.4, 0.5) is 11.4 Å². The Kier molecular flexibility index (Phi) is 10.0. The van der Waals surface area contributed by atoms with E-state index in [1.807, 2.05) is 12.1 Å². The summed E-state index contributed by atoms with van der Waals surface area (Å²) in [5.41, 5.74) is 2.89. The van der Waals surface area contributed by atoms with Crippen molar-refractivity contribution in [1.29, 1.82) is 0 Å². The predicted molar refractivity (Wildman–Crippen MR) is 165 cm³/mol. The molecule has 0 fully saturated rings. The Hall–Kier alpha value is -5.02. The van der Waals surface area contributed by atoms with E-state index < -0.39 is 27.8 Å². The number of hydrogen-bond donors (Lipinski definition) is 2. The third-order valence-corrected chi connectivity index (χ3v) is 7.41. The normalized spacial score (nSPS) is 11.9. The van der Waals surface area contributed by atoms with Gasteiger partial charge in [0, 0.05) is 23.5 Å². The Labute approximate surface area is 245 Å². The molecule has 1 atom stereocenters. The first-order chi connectivity index (χ1) is 20.3. The molecule has 0 aliphatic heterocycles. The van der Waals surface area contributed by atoms with E-state index in [9.17, 15) is 22.8 Å². The van der Waals surface area contributed by atoms with Crippen LogP contribution in [0.2, 0.25) is 0 Å². The molecule has 0 aliphatic carbocycles. The fourth-order valence-electron chi connectivity index (χ4n) is 4.28. The molecular formula is C33H31N3O5S. The monoisotopic (exact) mass is 581 g/mol. The van der Waals surface area contributed by atoms with Crippen molar-refractivity contribution in [3.8, 4) is 0 Å². The summed E-state index contributed by atoms with van der Waals surface area (Å²) < 4.78 is 27.6. The lowest BCUT2D eigenvalue weighted by molar-refractivity contribution is -0.132. The quantitative estimate of drug-likeness (QED) is 0.235. The van der Waals surface area contributed by atoms with Gasteiger partial charge in [-0.3, -0.25) is 14.4 Å². The topological polar surface area (TPSA) is 113 Å². The minimum absolute atomic E-state index is 0.0567. The van der Waals surface area contributed by atoms with Crippen molar-refractivity contribution in [1.82, 2.24) is 4.72 Å². The molecule has 8 nitrogen and oxygen atoms in total. The Bertz CT molecular complexity index is 1640. The number of anilines is 2. The molecule has 0 radical (unpaired) electrons. The van der Waals surface area contributed by atoms with Gasteiger partial charge in [0.05, 0.1) is 5.41 Å². The number of benzene rings is 4. The molecule has 0 aliphatic rings. The van der Waals surface area contributed by atoms with E-state index >= 15 is 0 Å². The Morgan fingerprint density at radius 2 is 1.36 bits per heavy atom. The molecule has 4 aromatic carbocycles. The average molecular weight is 582 g/mol. The highest BCUT2D eigenvalue weighted by molar-refractivity contribution is 7.93. The number of hydrogen-bond acceptors (Lipinski definition) is 5. The standard InChI is InChI=1S/C33H31N3O5S/c1-2-36(29-16-10-5-11-17-29)33(39)30(32(38)35-42(40,41)23-22-25-12-6-3-7-13-25)24-26-18-20-28(21-19-26)34-31(37)27-14-8-4-9-15-27/h3-23,30H,2,24H2,1H3,(H,34,37)(H,35,38). The van der Waals surface area contributed by atoms with Gasteiger partial charge in [-0.15, -0.1) is 0 Å². The van der Waals surface area contributed by atoms with Crippen molar-refractivity contribution in [2.75, 3.05) is 16.8 Å². The minimum atomic E-state index is -4.19. The van der Waals surface area contributed by atoms with E-state index in [4.69, 9.17) is 0 Å². The van der Waals surface area contributed by atoms with Crippen LogP contribution in [0.25, 0.3) is 6.08 Å². The van der Waals surface area contributed by atoms with Gasteiger partial charge in [-0.2, -0.15) is 0 Å². The van der Waals surface area contributed by atoms with Crippen LogP contribution in [0.1, 0.15) is 28.4 Å². The van der Waals surface area contributed by atoms with Gasteiger partial charge < -0.3 is 10.2 Å². The first kappa shape index (κ1) is 30.0. The summed E-state index contributed by atoms with van der Waals surface area (Å²) in [6.45, 7) is 2.06. The van der Waals surface area contributed by atoms with Crippen molar-refractivity contribution >= 4 is 45.2 Å². The minimum Gasteiger partial charge on any atom is -0.322 e. The number of carbonyl (C=O) groups excluding carboxylic acids is 3. The summed E-state index contributed by atoms with van der Waals surface area (Å²) in [4.78, 5) is 41.1. The van der Waals surface area contributed by atoms with Crippen LogP contribution < -0.4 is 14.9 Å². The molecule has 3 amide bonds. The second-order valence-electron chi connectivity index (χ2n) is 9.42. The van der Waals surface area contributed by atoms with Gasteiger partial charge in [-0.05, 0) is 66.9 Å². The van der Waals surface area contributed by atoms with Gasteiger partial charge >= 0.3 is 0 Å². The van der Waals surface area contributed by atoms with Crippen LogP contribution in [0.5, 0.6) is 0 Å². The summed E-state index contributed by atoms with van der Waals surface area (Å²) >= 11 is 0. The molecular weight excluding hydrogens is 550 g/mol. The fourth-order valence-corrected chi connectivity index (χ4v) is 5.11. The van der Waals surface area contributed by atoms with E-state index in [1.54, 1.807) is 110 Å². The zero-order valence-electron chi connectivity index (χ0n) is 23.0. The zero-order chi connectivity index (χ0) is 30.0. The van der Waals surface area contributed by atoms with Crippen LogP contribution >= 0.6 is 0 Å².